The van der Waals surface area contributed by atoms with Crippen molar-refractivity contribution in [2.24, 2.45) is 11.8 Å². The second kappa shape index (κ2) is 4.07. The molecule has 1 aliphatic heterocycles. The fourth-order valence-corrected chi connectivity index (χ4v) is 2.97. The Hall–Kier alpha value is -0.940. The number of halogens is 1. The predicted molar refractivity (Wildman–Crippen MR) is 68.5 cm³/mol. The molecule has 1 saturated carbocycles. The van der Waals surface area contributed by atoms with Crippen molar-refractivity contribution in [1.29, 1.82) is 0 Å². The molecule has 1 saturated heterocycles. The predicted octanol–water partition coefficient (Wildman–Crippen LogP) is 1.78. The first kappa shape index (κ1) is 11.2. The van der Waals surface area contributed by atoms with Gasteiger partial charge in [0.25, 0.3) is 0 Å². The first-order valence-electron chi connectivity index (χ1n) is 5.84. The molecule has 2 fully saturated rings. The van der Waals surface area contributed by atoms with E-state index in [-0.39, 0.29) is 11.9 Å². The van der Waals surface area contributed by atoms with Crippen LogP contribution in [-0.2, 0) is 4.79 Å². The summed E-state index contributed by atoms with van der Waals surface area (Å²) in [6.45, 7) is 2.23. The lowest BCUT2D eigenvalue weighted by molar-refractivity contribution is -0.118. The maximum Gasteiger partial charge on any atom is 0.242 e. The van der Waals surface area contributed by atoms with Crippen LogP contribution < -0.4 is 10.6 Å². The zero-order chi connectivity index (χ0) is 12.0. The number of rotatable bonds is 2. The van der Waals surface area contributed by atoms with Crippen LogP contribution in [-0.4, -0.2) is 23.0 Å². The van der Waals surface area contributed by atoms with Gasteiger partial charge in [0.15, 0.2) is 0 Å². The van der Waals surface area contributed by atoms with Crippen molar-refractivity contribution >= 4 is 27.7 Å². The van der Waals surface area contributed by atoms with Crippen molar-refractivity contribution < 1.29 is 4.79 Å². The molecule has 1 aliphatic carbocycles. The highest BCUT2D eigenvalue weighted by molar-refractivity contribution is 9.10. The molecule has 1 unspecified atom stereocenters. The van der Waals surface area contributed by atoms with Gasteiger partial charge in [-0.05, 0) is 46.3 Å². The molecular formula is C12H14BrN3O. The molecular weight excluding hydrogens is 282 g/mol. The van der Waals surface area contributed by atoms with Crippen molar-refractivity contribution in [3.8, 4) is 0 Å². The lowest BCUT2D eigenvalue weighted by Crippen LogP contribution is -2.39. The molecule has 2 heterocycles. The fourth-order valence-electron chi connectivity index (χ4n) is 2.63. The molecule has 0 aromatic carbocycles. The van der Waals surface area contributed by atoms with E-state index in [9.17, 15) is 4.79 Å². The molecule has 2 N–H and O–H groups in total. The van der Waals surface area contributed by atoms with Crippen LogP contribution in [0.2, 0.25) is 0 Å². The second-order valence-electron chi connectivity index (χ2n) is 4.84. The molecule has 1 amide bonds. The summed E-state index contributed by atoms with van der Waals surface area (Å²) >= 11 is 3.28. The first-order valence-corrected chi connectivity index (χ1v) is 6.64. The van der Waals surface area contributed by atoms with Gasteiger partial charge in [-0.3, -0.25) is 4.79 Å². The number of carbonyl (C=O) groups is 1. The number of carbonyl (C=O) groups excluding carboxylic acids is 1. The summed E-state index contributed by atoms with van der Waals surface area (Å²) in [5.41, 5.74) is 0. The summed E-state index contributed by atoms with van der Waals surface area (Å²) in [7, 11) is 0. The SMILES string of the molecule is CC1[C@H]2N[C@H](C(=O)Nc3cccc(Br)n3)C[C@@H]12. The van der Waals surface area contributed by atoms with E-state index in [1.807, 2.05) is 12.1 Å². The van der Waals surface area contributed by atoms with Crippen molar-refractivity contribution in [2.45, 2.75) is 25.4 Å². The van der Waals surface area contributed by atoms with Crippen LogP contribution >= 0.6 is 15.9 Å². The highest BCUT2D eigenvalue weighted by Gasteiger charge is 2.54. The minimum absolute atomic E-state index is 0.0231. The van der Waals surface area contributed by atoms with Crippen LogP contribution in [0.4, 0.5) is 5.82 Å². The van der Waals surface area contributed by atoms with Crippen molar-refractivity contribution in [3.63, 3.8) is 0 Å². The van der Waals surface area contributed by atoms with Crippen molar-refractivity contribution in [2.75, 3.05) is 5.32 Å². The number of nitrogens with one attached hydrogen (secondary N) is 2. The number of pyridine rings is 1. The van der Waals surface area contributed by atoms with Gasteiger partial charge in [-0.2, -0.15) is 0 Å². The maximum absolute atomic E-state index is 12.0. The Kier molecular flexibility index (Phi) is 2.67. The van der Waals surface area contributed by atoms with Crippen molar-refractivity contribution in [1.82, 2.24) is 10.3 Å². The number of hydrogen-bond donors (Lipinski definition) is 2. The van der Waals surface area contributed by atoms with Crippen molar-refractivity contribution in [3.05, 3.63) is 22.8 Å². The van der Waals surface area contributed by atoms with E-state index in [4.69, 9.17) is 0 Å². The van der Waals surface area contributed by atoms with Crippen LogP contribution in [0.15, 0.2) is 22.8 Å². The number of anilines is 1. The number of fused-ring (bicyclic) bond motifs is 1. The highest BCUT2D eigenvalue weighted by atomic mass is 79.9. The standard InChI is InChI=1S/C12H14BrN3O/c1-6-7-5-8(14-11(6)7)12(17)16-10-4-2-3-9(13)15-10/h2-4,6-8,11,14H,5H2,1H3,(H,15,16,17)/t6?,7-,8-,11+/m0/s1. The molecule has 1 aromatic rings. The van der Waals surface area contributed by atoms with Gasteiger partial charge in [-0.15, -0.1) is 0 Å². The minimum atomic E-state index is -0.0537. The molecule has 4 nitrogen and oxygen atoms in total. The molecule has 17 heavy (non-hydrogen) atoms. The molecule has 4 atom stereocenters. The van der Waals surface area contributed by atoms with E-state index in [1.54, 1.807) is 6.07 Å². The molecule has 3 rings (SSSR count). The Labute approximate surface area is 108 Å². The third-order valence-electron chi connectivity index (χ3n) is 3.75. The van der Waals surface area contributed by atoms with Crippen LogP contribution in [0, 0.1) is 11.8 Å². The number of amides is 1. The van der Waals surface area contributed by atoms with Crippen LogP contribution in [0.5, 0.6) is 0 Å². The van der Waals surface area contributed by atoms with Crippen LogP contribution in [0.3, 0.4) is 0 Å². The maximum atomic E-state index is 12.0. The molecule has 1 aromatic heterocycles. The summed E-state index contributed by atoms with van der Waals surface area (Å²) in [5, 5.41) is 6.20. The third kappa shape index (κ3) is 2.09. The zero-order valence-corrected chi connectivity index (χ0v) is 11.1. The quantitative estimate of drug-likeness (QED) is 0.818. The lowest BCUT2D eigenvalue weighted by Gasteiger charge is -2.14. The van der Waals surface area contributed by atoms with Gasteiger partial charge < -0.3 is 10.6 Å². The van der Waals surface area contributed by atoms with Gasteiger partial charge in [0.2, 0.25) is 5.91 Å². The molecule has 0 bridgehead atoms. The van der Waals surface area contributed by atoms with Gasteiger partial charge in [0.1, 0.15) is 10.4 Å². The Morgan fingerprint density at radius 2 is 2.41 bits per heavy atom. The van der Waals surface area contributed by atoms with E-state index in [0.29, 0.717) is 17.8 Å². The topological polar surface area (TPSA) is 54.0 Å². The Bertz CT molecular complexity index is 453. The van der Waals surface area contributed by atoms with Gasteiger partial charge in [-0.1, -0.05) is 13.0 Å². The van der Waals surface area contributed by atoms with Gasteiger partial charge in [-0.25, -0.2) is 4.98 Å². The fraction of sp³-hybridized carbons (Fsp3) is 0.500. The van der Waals surface area contributed by atoms with E-state index in [0.717, 1.165) is 16.9 Å². The Balaban J connectivity index is 1.61. The van der Waals surface area contributed by atoms with E-state index >= 15 is 0 Å². The largest absolute Gasteiger partial charge is 0.309 e. The number of aromatic nitrogens is 1. The first-order chi connectivity index (χ1) is 8.15. The Morgan fingerprint density at radius 1 is 1.59 bits per heavy atom. The Morgan fingerprint density at radius 3 is 3.06 bits per heavy atom. The van der Waals surface area contributed by atoms with Gasteiger partial charge in [0.05, 0.1) is 6.04 Å². The molecule has 2 aliphatic rings. The van der Waals surface area contributed by atoms with Crippen LogP contribution in [0.1, 0.15) is 13.3 Å². The minimum Gasteiger partial charge on any atom is -0.309 e. The number of nitrogens with zero attached hydrogens (tertiary/aromatic N) is 1. The smallest absolute Gasteiger partial charge is 0.242 e. The van der Waals surface area contributed by atoms with E-state index in [2.05, 4.69) is 38.5 Å². The summed E-state index contributed by atoms with van der Waals surface area (Å²) < 4.78 is 0.728. The lowest BCUT2D eigenvalue weighted by atomic mass is 10.1. The normalized spacial score (nSPS) is 34.2. The summed E-state index contributed by atoms with van der Waals surface area (Å²) in [5.74, 6) is 2.05. The molecule has 0 spiro atoms. The average molecular weight is 296 g/mol. The molecule has 5 heteroatoms. The highest BCUT2D eigenvalue weighted by Crippen LogP contribution is 2.47. The summed E-state index contributed by atoms with van der Waals surface area (Å²) in [4.78, 5) is 16.2. The summed E-state index contributed by atoms with van der Waals surface area (Å²) in [6.07, 6.45) is 0.950. The van der Waals surface area contributed by atoms with Gasteiger partial charge >= 0.3 is 0 Å². The monoisotopic (exact) mass is 295 g/mol. The number of piperidine rings is 1. The molecule has 90 valence electrons. The third-order valence-corrected chi connectivity index (χ3v) is 4.19. The zero-order valence-electron chi connectivity index (χ0n) is 9.48. The van der Waals surface area contributed by atoms with Gasteiger partial charge in [0, 0.05) is 6.04 Å². The van der Waals surface area contributed by atoms with E-state index in [1.165, 1.54) is 0 Å². The average Bonchev–Trinajstić information content (AvgIpc) is 2.76. The second-order valence-corrected chi connectivity index (χ2v) is 5.65. The summed E-state index contributed by atoms with van der Waals surface area (Å²) in [6, 6.07) is 5.98. The van der Waals surface area contributed by atoms with E-state index < -0.39 is 0 Å². The van der Waals surface area contributed by atoms with Crippen LogP contribution in [0.25, 0.3) is 0 Å². The molecule has 0 radical (unpaired) electrons. The number of hydrogen-bond acceptors (Lipinski definition) is 3.